The van der Waals surface area contributed by atoms with Crippen LogP contribution in [0.5, 0.6) is 5.75 Å². The summed E-state index contributed by atoms with van der Waals surface area (Å²) >= 11 is 0. The standard InChI is InChI=1S/C15H24N2O2/c1-3-8-18-14-7-5-4-6-13(14)15(17-16)12-9-11(2)19-10-12/h4-7,11-12,15,17H,3,8-10,16H2,1-2H3. The highest BCUT2D eigenvalue weighted by Crippen LogP contribution is 2.35. The molecule has 0 radical (unpaired) electrons. The first kappa shape index (κ1) is 14.3. The number of hydrazine groups is 1. The lowest BCUT2D eigenvalue weighted by Gasteiger charge is -2.24. The summed E-state index contributed by atoms with van der Waals surface area (Å²) in [5.74, 6) is 7.08. The molecular weight excluding hydrogens is 240 g/mol. The van der Waals surface area contributed by atoms with Gasteiger partial charge in [0.25, 0.3) is 0 Å². The molecular formula is C15H24N2O2. The minimum atomic E-state index is 0.0815. The van der Waals surface area contributed by atoms with Crippen molar-refractivity contribution in [1.82, 2.24) is 5.43 Å². The van der Waals surface area contributed by atoms with E-state index in [0.29, 0.717) is 12.0 Å². The van der Waals surface area contributed by atoms with Crippen LogP contribution in [0.4, 0.5) is 0 Å². The first-order chi connectivity index (χ1) is 9.26. The van der Waals surface area contributed by atoms with Crippen LogP contribution in [0.1, 0.15) is 38.3 Å². The van der Waals surface area contributed by atoms with E-state index in [1.165, 1.54) is 0 Å². The Morgan fingerprint density at radius 3 is 2.89 bits per heavy atom. The Hall–Kier alpha value is -1.10. The number of para-hydroxylation sites is 1. The Kier molecular flexibility index (Phi) is 5.19. The van der Waals surface area contributed by atoms with E-state index in [1.54, 1.807) is 0 Å². The monoisotopic (exact) mass is 264 g/mol. The van der Waals surface area contributed by atoms with Gasteiger partial charge in [0.2, 0.25) is 0 Å². The SMILES string of the molecule is CCCOc1ccccc1C(NN)C1COC(C)C1. The second kappa shape index (κ2) is 6.89. The van der Waals surface area contributed by atoms with Crippen LogP contribution in [0.25, 0.3) is 0 Å². The lowest BCUT2D eigenvalue weighted by atomic mass is 9.91. The predicted octanol–water partition coefficient (Wildman–Crippen LogP) is 2.40. The maximum Gasteiger partial charge on any atom is 0.124 e. The minimum Gasteiger partial charge on any atom is -0.493 e. The van der Waals surface area contributed by atoms with Gasteiger partial charge in [-0.3, -0.25) is 11.3 Å². The van der Waals surface area contributed by atoms with Gasteiger partial charge in [-0.2, -0.15) is 0 Å². The average molecular weight is 264 g/mol. The number of nitrogens with two attached hydrogens (primary N) is 1. The molecule has 106 valence electrons. The van der Waals surface area contributed by atoms with Crippen LogP contribution in [-0.4, -0.2) is 19.3 Å². The number of hydrogen-bond acceptors (Lipinski definition) is 4. The van der Waals surface area contributed by atoms with E-state index in [9.17, 15) is 0 Å². The van der Waals surface area contributed by atoms with E-state index in [-0.39, 0.29) is 6.04 Å². The summed E-state index contributed by atoms with van der Waals surface area (Å²) in [6.07, 6.45) is 2.33. The molecule has 3 atom stereocenters. The van der Waals surface area contributed by atoms with Crippen molar-refractivity contribution in [2.75, 3.05) is 13.2 Å². The molecule has 1 aliphatic heterocycles. The van der Waals surface area contributed by atoms with Crippen molar-refractivity contribution in [3.05, 3.63) is 29.8 Å². The van der Waals surface area contributed by atoms with Crippen molar-refractivity contribution < 1.29 is 9.47 Å². The minimum absolute atomic E-state index is 0.0815. The zero-order chi connectivity index (χ0) is 13.7. The number of hydrogen-bond donors (Lipinski definition) is 2. The molecule has 1 aliphatic rings. The first-order valence-electron chi connectivity index (χ1n) is 7.05. The van der Waals surface area contributed by atoms with Gasteiger partial charge < -0.3 is 9.47 Å². The number of nitrogens with one attached hydrogen (secondary N) is 1. The zero-order valence-electron chi connectivity index (χ0n) is 11.8. The van der Waals surface area contributed by atoms with Gasteiger partial charge in [0.05, 0.1) is 25.4 Å². The molecule has 1 saturated heterocycles. The Morgan fingerprint density at radius 2 is 2.26 bits per heavy atom. The Balaban J connectivity index is 2.17. The number of benzene rings is 1. The van der Waals surface area contributed by atoms with E-state index < -0.39 is 0 Å². The van der Waals surface area contributed by atoms with E-state index in [1.807, 2.05) is 18.2 Å². The van der Waals surface area contributed by atoms with Gasteiger partial charge in [0, 0.05) is 11.5 Å². The average Bonchev–Trinajstić information content (AvgIpc) is 2.85. The van der Waals surface area contributed by atoms with Crippen LogP contribution in [0.15, 0.2) is 24.3 Å². The van der Waals surface area contributed by atoms with Gasteiger partial charge >= 0.3 is 0 Å². The summed E-state index contributed by atoms with van der Waals surface area (Å²) in [5, 5.41) is 0. The highest BCUT2D eigenvalue weighted by atomic mass is 16.5. The molecule has 0 spiro atoms. The maximum atomic E-state index is 5.82. The summed E-state index contributed by atoms with van der Waals surface area (Å²) in [7, 11) is 0. The third-order valence-electron chi connectivity index (χ3n) is 3.60. The molecule has 4 nitrogen and oxygen atoms in total. The van der Waals surface area contributed by atoms with Gasteiger partial charge in [-0.1, -0.05) is 25.1 Å². The topological polar surface area (TPSA) is 56.5 Å². The fraction of sp³-hybridized carbons (Fsp3) is 0.600. The Bertz CT molecular complexity index is 397. The second-order valence-corrected chi connectivity index (χ2v) is 5.17. The first-order valence-corrected chi connectivity index (χ1v) is 7.05. The molecule has 1 fully saturated rings. The normalized spacial score (nSPS) is 24.4. The fourth-order valence-corrected chi connectivity index (χ4v) is 2.64. The summed E-state index contributed by atoms with van der Waals surface area (Å²) in [4.78, 5) is 0. The Labute approximate surface area is 115 Å². The smallest absolute Gasteiger partial charge is 0.124 e. The summed E-state index contributed by atoms with van der Waals surface area (Å²) < 4.78 is 11.5. The van der Waals surface area contributed by atoms with Gasteiger partial charge in [0.1, 0.15) is 5.75 Å². The molecule has 1 aromatic carbocycles. The van der Waals surface area contributed by atoms with Gasteiger partial charge in [-0.05, 0) is 25.8 Å². The van der Waals surface area contributed by atoms with Crippen molar-refractivity contribution >= 4 is 0 Å². The van der Waals surface area contributed by atoms with Gasteiger partial charge in [-0.15, -0.1) is 0 Å². The number of ether oxygens (including phenoxy) is 2. The lowest BCUT2D eigenvalue weighted by Crippen LogP contribution is -2.34. The molecule has 19 heavy (non-hydrogen) atoms. The highest BCUT2D eigenvalue weighted by Gasteiger charge is 2.31. The van der Waals surface area contributed by atoms with Crippen molar-refractivity contribution in [2.45, 2.75) is 38.8 Å². The van der Waals surface area contributed by atoms with Crippen LogP contribution >= 0.6 is 0 Å². The molecule has 1 aromatic rings. The zero-order valence-corrected chi connectivity index (χ0v) is 11.8. The molecule has 0 saturated carbocycles. The molecule has 0 aliphatic carbocycles. The van der Waals surface area contributed by atoms with Gasteiger partial charge in [-0.25, -0.2) is 0 Å². The van der Waals surface area contributed by atoms with Crippen LogP contribution in [0.2, 0.25) is 0 Å². The molecule has 2 rings (SSSR count). The van der Waals surface area contributed by atoms with Crippen molar-refractivity contribution in [3.63, 3.8) is 0 Å². The van der Waals surface area contributed by atoms with Crippen molar-refractivity contribution in [1.29, 1.82) is 0 Å². The molecule has 0 aromatic heterocycles. The van der Waals surface area contributed by atoms with E-state index >= 15 is 0 Å². The molecule has 0 amide bonds. The summed E-state index contributed by atoms with van der Waals surface area (Å²) in [6.45, 7) is 5.69. The van der Waals surface area contributed by atoms with E-state index in [4.69, 9.17) is 15.3 Å². The third kappa shape index (κ3) is 3.47. The van der Waals surface area contributed by atoms with E-state index in [0.717, 1.165) is 37.4 Å². The summed E-state index contributed by atoms with van der Waals surface area (Å²) in [5.41, 5.74) is 4.06. The quantitative estimate of drug-likeness (QED) is 0.612. The molecule has 1 heterocycles. The highest BCUT2D eigenvalue weighted by molar-refractivity contribution is 5.36. The van der Waals surface area contributed by atoms with Crippen LogP contribution in [0.3, 0.4) is 0 Å². The predicted molar refractivity (Wildman–Crippen MR) is 75.8 cm³/mol. The molecule has 4 heteroatoms. The van der Waals surface area contributed by atoms with E-state index in [2.05, 4.69) is 25.3 Å². The maximum absolute atomic E-state index is 5.82. The molecule has 0 bridgehead atoms. The van der Waals surface area contributed by atoms with Gasteiger partial charge in [0.15, 0.2) is 0 Å². The number of rotatable bonds is 6. The molecule has 3 unspecified atom stereocenters. The third-order valence-corrected chi connectivity index (χ3v) is 3.60. The summed E-state index contributed by atoms with van der Waals surface area (Å²) in [6, 6.07) is 8.19. The fourth-order valence-electron chi connectivity index (χ4n) is 2.64. The van der Waals surface area contributed by atoms with Crippen LogP contribution < -0.4 is 16.0 Å². The lowest BCUT2D eigenvalue weighted by molar-refractivity contribution is 0.116. The van der Waals surface area contributed by atoms with Crippen LogP contribution in [0, 0.1) is 5.92 Å². The molecule has 3 N–H and O–H groups in total. The Morgan fingerprint density at radius 1 is 1.47 bits per heavy atom. The van der Waals surface area contributed by atoms with Crippen molar-refractivity contribution in [3.8, 4) is 5.75 Å². The largest absolute Gasteiger partial charge is 0.493 e. The van der Waals surface area contributed by atoms with Crippen molar-refractivity contribution in [2.24, 2.45) is 11.8 Å². The van der Waals surface area contributed by atoms with Crippen LogP contribution in [-0.2, 0) is 4.74 Å². The second-order valence-electron chi connectivity index (χ2n) is 5.17.